The number of nitrogens with zero attached hydrogens (tertiary/aromatic N) is 1. The lowest BCUT2D eigenvalue weighted by atomic mass is 9.99. The van der Waals surface area contributed by atoms with Gasteiger partial charge in [-0.1, -0.05) is 0 Å². The van der Waals surface area contributed by atoms with Crippen LogP contribution in [0.3, 0.4) is 0 Å². The molecule has 1 aliphatic heterocycles. The van der Waals surface area contributed by atoms with Crippen LogP contribution in [0.2, 0.25) is 0 Å². The minimum atomic E-state index is -0.355. The Balaban J connectivity index is 2.15. The van der Waals surface area contributed by atoms with Gasteiger partial charge in [0.25, 0.3) is 0 Å². The first kappa shape index (κ1) is 14.7. The minimum Gasteiger partial charge on any atom is -0.465 e. The maximum absolute atomic E-state index is 11.9. The molecule has 0 saturated carbocycles. The molecule has 1 aromatic carbocycles. The van der Waals surface area contributed by atoms with Gasteiger partial charge in [-0.25, -0.2) is 4.79 Å². The highest BCUT2D eigenvalue weighted by Gasteiger charge is 2.20. The highest BCUT2D eigenvalue weighted by atomic mass is 16.5. The van der Waals surface area contributed by atoms with Crippen molar-refractivity contribution in [2.75, 3.05) is 44.5 Å². The molecule has 0 aliphatic carbocycles. The van der Waals surface area contributed by atoms with Gasteiger partial charge in [-0.2, -0.15) is 0 Å². The fourth-order valence-corrected chi connectivity index (χ4v) is 2.57. The Morgan fingerprint density at radius 1 is 1.45 bits per heavy atom. The van der Waals surface area contributed by atoms with Crippen LogP contribution in [0.15, 0.2) is 18.2 Å². The fraction of sp³-hybridized carbons (Fsp3) is 0.533. The van der Waals surface area contributed by atoms with E-state index in [-0.39, 0.29) is 5.97 Å². The number of rotatable bonds is 4. The smallest absolute Gasteiger partial charge is 0.340 e. The highest BCUT2D eigenvalue weighted by molar-refractivity contribution is 5.96. The average Bonchev–Trinajstić information content (AvgIpc) is 2.47. The molecule has 2 N–H and O–H groups in total. The lowest BCUT2D eigenvalue weighted by Gasteiger charge is -2.29. The summed E-state index contributed by atoms with van der Waals surface area (Å²) in [5, 5.41) is 0. The number of carbonyl (C=O) groups is 1. The topological polar surface area (TPSA) is 64.8 Å². The Hall–Kier alpha value is -1.75. The Morgan fingerprint density at radius 2 is 2.15 bits per heavy atom. The maximum atomic E-state index is 11.9. The van der Waals surface area contributed by atoms with Crippen molar-refractivity contribution in [3.63, 3.8) is 0 Å². The van der Waals surface area contributed by atoms with Gasteiger partial charge in [-0.15, -0.1) is 0 Å². The van der Waals surface area contributed by atoms with Crippen LogP contribution in [0.1, 0.15) is 23.2 Å². The average molecular weight is 278 g/mol. The summed E-state index contributed by atoms with van der Waals surface area (Å²) in [4.78, 5) is 14.0. The number of hydrogen-bond acceptors (Lipinski definition) is 5. The highest BCUT2D eigenvalue weighted by Crippen LogP contribution is 2.25. The third-order valence-corrected chi connectivity index (χ3v) is 3.71. The van der Waals surface area contributed by atoms with Crippen LogP contribution in [-0.2, 0) is 9.47 Å². The van der Waals surface area contributed by atoms with Gasteiger partial charge in [-0.3, -0.25) is 0 Å². The van der Waals surface area contributed by atoms with E-state index < -0.39 is 0 Å². The van der Waals surface area contributed by atoms with E-state index >= 15 is 0 Å². The van der Waals surface area contributed by atoms with Gasteiger partial charge in [0.2, 0.25) is 0 Å². The van der Waals surface area contributed by atoms with Gasteiger partial charge < -0.3 is 20.1 Å². The van der Waals surface area contributed by atoms with Crippen LogP contribution in [0, 0.1) is 5.92 Å². The summed E-state index contributed by atoms with van der Waals surface area (Å²) in [7, 11) is 3.38. The van der Waals surface area contributed by atoms with Crippen molar-refractivity contribution in [2.45, 2.75) is 12.8 Å². The van der Waals surface area contributed by atoms with Crippen LogP contribution in [0.5, 0.6) is 0 Å². The summed E-state index contributed by atoms with van der Waals surface area (Å²) >= 11 is 0. The molecule has 1 aromatic rings. The van der Waals surface area contributed by atoms with Gasteiger partial charge in [0.05, 0.1) is 18.4 Å². The number of nitrogen functional groups attached to an aromatic ring is 1. The first-order valence-corrected chi connectivity index (χ1v) is 6.88. The van der Waals surface area contributed by atoms with Crippen molar-refractivity contribution in [1.82, 2.24) is 0 Å². The van der Waals surface area contributed by atoms with Crippen LogP contribution >= 0.6 is 0 Å². The fourth-order valence-electron chi connectivity index (χ4n) is 2.57. The number of esters is 1. The predicted octanol–water partition coefficient (Wildman–Crippen LogP) is 1.92. The second kappa shape index (κ2) is 6.61. The molecule has 1 aliphatic rings. The monoisotopic (exact) mass is 278 g/mol. The summed E-state index contributed by atoms with van der Waals surface area (Å²) in [6.45, 7) is 2.55. The van der Waals surface area contributed by atoms with E-state index in [0.717, 1.165) is 38.3 Å². The SMILES string of the molecule is COC(=O)c1cc(N)ccc1N(C)CC1CCOCC1. The van der Waals surface area contributed by atoms with E-state index in [1.54, 1.807) is 6.07 Å². The molecule has 1 saturated heterocycles. The molecule has 2 rings (SSSR count). The van der Waals surface area contributed by atoms with E-state index in [0.29, 0.717) is 17.2 Å². The lowest BCUT2D eigenvalue weighted by molar-refractivity contribution is 0.0600. The quantitative estimate of drug-likeness (QED) is 0.673. The molecule has 0 bridgehead atoms. The second-order valence-corrected chi connectivity index (χ2v) is 5.20. The molecule has 5 nitrogen and oxygen atoms in total. The van der Waals surface area contributed by atoms with Crippen molar-refractivity contribution < 1.29 is 14.3 Å². The Bertz CT molecular complexity index is 470. The van der Waals surface area contributed by atoms with E-state index in [1.807, 2.05) is 19.2 Å². The van der Waals surface area contributed by atoms with E-state index in [2.05, 4.69) is 4.90 Å². The molecule has 0 unspecified atom stereocenters. The number of hydrogen-bond donors (Lipinski definition) is 1. The zero-order valence-corrected chi connectivity index (χ0v) is 12.1. The number of nitrogens with two attached hydrogens (primary N) is 1. The first-order chi connectivity index (χ1) is 9.61. The summed E-state index contributed by atoms with van der Waals surface area (Å²) in [6.07, 6.45) is 2.12. The van der Waals surface area contributed by atoms with Crippen molar-refractivity contribution in [1.29, 1.82) is 0 Å². The molecule has 0 radical (unpaired) electrons. The predicted molar refractivity (Wildman–Crippen MR) is 79.0 cm³/mol. The lowest BCUT2D eigenvalue weighted by Crippen LogP contribution is -2.30. The molecule has 1 fully saturated rings. The summed E-state index contributed by atoms with van der Waals surface area (Å²) in [5.41, 5.74) is 7.70. The molecule has 1 heterocycles. The first-order valence-electron chi connectivity index (χ1n) is 6.88. The molecule has 20 heavy (non-hydrogen) atoms. The van der Waals surface area contributed by atoms with Crippen LogP contribution in [0.25, 0.3) is 0 Å². The number of ether oxygens (including phenoxy) is 2. The molecular weight excluding hydrogens is 256 g/mol. The third-order valence-electron chi connectivity index (χ3n) is 3.71. The number of benzene rings is 1. The molecular formula is C15H22N2O3. The molecule has 0 aromatic heterocycles. The standard InChI is InChI=1S/C15H22N2O3/c1-17(10-11-5-7-20-8-6-11)14-4-3-12(16)9-13(14)15(18)19-2/h3-4,9,11H,5-8,10,16H2,1-2H3. The van der Waals surface area contributed by atoms with Crippen LogP contribution in [0.4, 0.5) is 11.4 Å². The number of anilines is 2. The third kappa shape index (κ3) is 3.42. The summed E-state index contributed by atoms with van der Waals surface area (Å²) in [5.74, 6) is 0.239. The van der Waals surface area contributed by atoms with Crippen LogP contribution in [-0.4, -0.2) is 39.9 Å². The summed E-state index contributed by atoms with van der Waals surface area (Å²) in [6, 6.07) is 5.35. The minimum absolute atomic E-state index is 0.355. The zero-order valence-electron chi connectivity index (χ0n) is 12.1. The van der Waals surface area contributed by atoms with Crippen molar-refractivity contribution in [3.8, 4) is 0 Å². The van der Waals surface area contributed by atoms with E-state index in [4.69, 9.17) is 15.2 Å². The van der Waals surface area contributed by atoms with Crippen molar-refractivity contribution in [2.24, 2.45) is 5.92 Å². The molecule has 0 amide bonds. The number of methoxy groups -OCH3 is 1. The van der Waals surface area contributed by atoms with Crippen molar-refractivity contribution >= 4 is 17.3 Å². The number of carbonyl (C=O) groups excluding carboxylic acids is 1. The molecule has 110 valence electrons. The zero-order chi connectivity index (χ0) is 14.5. The normalized spacial score (nSPS) is 15.9. The van der Waals surface area contributed by atoms with Gasteiger partial charge in [0, 0.05) is 32.5 Å². The van der Waals surface area contributed by atoms with Crippen LogP contribution < -0.4 is 10.6 Å². The van der Waals surface area contributed by atoms with E-state index in [9.17, 15) is 4.79 Å². The Kier molecular flexibility index (Phi) is 4.84. The van der Waals surface area contributed by atoms with Gasteiger partial charge in [-0.05, 0) is 37.0 Å². The summed E-state index contributed by atoms with van der Waals surface area (Å²) < 4.78 is 10.2. The molecule has 5 heteroatoms. The largest absolute Gasteiger partial charge is 0.465 e. The second-order valence-electron chi connectivity index (χ2n) is 5.20. The van der Waals surface area contributed by atoms with Gasteiger partial charge in [0.1, 0.15) is 0 Å². The van der Waals surface area contributed by atoms with Gasteiger partial charge >= 0.3 is 5.97 Å². The Morgan fingerprint density at radius 3 is 2.80 bits per heavy atom. The van der Waals surface area contributed by atoms with Gasteiger partial charge in [0.15, 0.2) is 0 Å². The maximum Gasteiger partial charge on any atom is 0.340 e. The molecule has 0 atom stereocenters. The Labute approximate surface area is 119 Å². The van der Waals surface area contributed by atoms with Crippen molar-refractivity contribution in [3.05, 3.63) is 23.8 Å². The molecule has 0 spiro atoms. The van der Waals surface area contributed by atoms with E-state index in [1.165, 1.54) is 7.11 Å².